The Morgan fingerprint density at radius 1 is 1.56 bits per heavy atom. The van der Waals surface area contributed by atoms with E-state index in [9.17, 15) is 14.3 Å². The van der Waals surface area contributed by atoms with Gasteiger partial charge >= 0.3 is 5.97 Å². The summed E-state index contributed by atoms with van der Waals surface area (Å²) in [5.74, 6) is -1.50. The van der Waals surface area contributed by atoms with E-state index in [-0.39, 0.29) is 28.9 Å². The summed E-state index contributed by atoms with van der Waals surface area (Å²) in [6.07, 6.45) is 3.53. The molecule has 0 aliphatic heterocycles. The molecule has 1 aromatic rings. The lowest BCUT2D eigenvalue weighted by molar-refractivity contribution is -0.137. The zero-order chi connectivity index (χ0) is 13.3. The van der Waals surface area contributed by atoms with Crippen molar-refractivity contribution in [1.29, 1.82) is 0 Å². The molecule has 5 heteroatoms. The van der Waals surface area contributed by atoms with Gasteiger partial charge in [0.1, 0.15) is 11.6 Å². The summed E-state index contributed by atoms with van der Waals surface area (Å²) in [6, 6.07) is 2.96. The number of aromatic hydroxyl groups is 1. The lowest BCUT2D eigenvalue weighted by Crippen LogP contribution is -2.10. The highest BCUT2D eigenvalue weighted by Gasteiger charge is 2.35. The summed E-state index contributed by atoms with van der Waals surface area (Å²) in [4.78, 5) is 11.1. The van der Waals surface area contributed by atoms with Gasteiger partial charge in [-0.2, -0.15) is 0 Å². The third-order valence-electron chi connectivity index (χ3n) is 3.30. The van der Waals surface area contributed by atoms with Gasteiger partial charge in [-0.05, 0) is 36.6 Å². The Balaban J connectivity index is 2.38. The summed E-state index contributed by atoms with van der Waals surface area (Å²) >= 11 is 1.13. The number of carbonyl (C=O) groups is 1. The summed E-state index contributed by atoms with van der Waals surface area (Å²) < 4.78 is 14.2. The van der Waals surface area contributed by atoms with E-state index in [1.54, 1.807) is 6.26 Å². The molecule has 0 radical (unpaired) electrons. The van der Waals surface area contributed by atoms with Crippen LogP contribution in [0.25, 0.3) is 0 Å². The van der Waals surface area contributed by atoms with Crippen molar-refractivity contribution >= 4 is 17.7 Å². The van der Waals surface area contributed by atoms with Gasteiger partial charge < -0.3 is 10.2 Å². The topological polar surface area (TPSA) is 57.5 Å². The molecule has 1 unspecified atom stereocenters. The number of phenols is 1. The molecule has 1 saturated carbocycles. The van der Waals surface area contributed by atoms with Gasteiger partial charge in [0.05, 0.1) is 11.3 Å². The molecule has 0 bridgehead atoms. The maximum absolute atomic E-state index is 14.2. The Hall–Kier alpha value is -1.23. The molecule has 0 aromatic heterocycles. The molecule has 0 saturated heterocycles. The minimum Gasteiger partial charge on any atom is -0.507 e. The molecule has 2 N–H and O–H groups in total. The number of benzene rings is 1. The second-order valence-electron chi connectivity index (χ2n) is 4.56. The third kappa shape index (κ3) is 2.61. The van der Waals surface area contributed by atoms with Crippen molar-refractivity contribution in [3.05, 3.63) is 23.5 Å². The summed E-state index contributed by atoms with van der Waals surface area (Å²) in [6.45, 7) is 0. The maximum Gasteiger partial charge on any atom is 0.303 e. The van der Waals surface area contributed by atoms with Crippen molar-refractivity contribution in [3.8, 4) is 5.75 Å². The van der Waals surface area contributed by atoms with Crippen LogP contribution in [0.3, 0.4) is 0 Å². The van der Waals surface area contributed by atoms with Crippen LogP contribution >= 0.6 is 11.8 Å². The van der Waals surface area contributed by atoms with E-state index >= 15 is 0 Å². The maximum atomic E-state index is 14.2. The quantitative estimate of drug-likeness (QED) is 0.807. The minimum absolute atomic E-state index is 0.0554. The van der Waals surface area contributed by atoms with E-state index in [4.69, 9.17) is 5.11 Å². The fraction of sp³-hybridized carbons (Fsp3) is 0.462. The highest BCUT2D eigenvalue weighted by atomic mass is 32.2. The number of hydrogen-bond acceptors (Lipinski definition) is 3. The molecule has 1 aliphatic rings. The van der Waals surface area contributed by atoms with Crippen LogP contribution in [0, 0.1) is 11.7 Å². The molecule has 98 valence electrons. The van der Waals surface area contributed by atoms with E-state index in [0.717, 1.165) is 24.6 Å². The lowest BCUT2D eigenvalue weighted by atomic mass is 9.90. The van der Waals surface area contributed by atoms with Crippen LogP contribution in [-0.2, 0) is 4.79 Å². The molecule has 1 fully saturated rings. The van der Waals surface area contributed by atoms with Crippen LogP contribution in [0.15, 0.2) is 17.0 Å². The zero-order valence-electron chi connectivity index (χ0n) is 10.0. The predicted molar refractivity (Wildman–Crippen MR) is 67.6 cm³/mol. The van der Waals surface area contributed by atoms with Crippen molar-refractivity contribution in [2.24, 2.45) is 5.92 Å². The fourth-order valence-corrected chi connectivity index (χ4v) is 2.83. The van der Waals surface area contributed by atoms with Gasteiger partial charge in [-0.25, -0.2) is 4.39 Å². The first-order valence-electron chi connectivity index (χ1n) is 5.81. The van der Waals surface area contributed by atoms with Gasteiger partial charge in [-0.3, -0.25) is 4.79 Å². The molecular weight excluding hydrogens is 255 g/mol. The van der Waals surface area contributed by atoms with Gasteiger partial charge in [-0.1, -0.05) is 6.07 Å². The van der Waals surface area contributed by atoms with Crippen LogP contribution in [0.4, 0.5) is 4.39 Å². The Morgan fingerprint density at radius 2 is 2.22 bits per heavy atom. The monoisotopic (exact) mass is 270 g/mol. The predicted octanol–water partition coefficient (Wildman–Crippen LogP) is 3.22. The van der Waals surface area contributed by atoms with Gasteiger partial charge in [-0.15, -0.1) is 11.8 Å². The van der Waals surface area contributed by atoms with Crippen molar-refractivity contribution < 1.29 is 19.4 Å². The molecule has 0 amide bonds. The smallest absolute Gasteiger partial charge is 0.303 e. The number of carboxylic acids is 1. The molecule has 1 atom stereocenters. The second-order valence-corrected chi connectivity index (χ2v) is 5.38. The largest absolute Gasteiger partial charge is 0.507 e. The highest BCUT2D eigenvalue weighted by Crippen LogP contribution is 2.47. The first-order valence-corrected chi connectivity index (χ1v) is 7.04. The average molecular weight is 270 g/mol. The number of hydrogen-bond donors (Lipinski definition) is 2. The molecule has 3 nitrogen and oxygen atoms in total. The normalized spacial score (nSPS) is 16.6. The Kier molecular flexibility index (Phi) is 3.80. The molecule has 0 heterocycles. The minimum atomic E-state index is -0.912. The average Bonchev–Trinajstić information content (AvgIpc) is 3.11. The highest BCUT2D eigenvalue weighted by molar-refractivity contribution is 7.98. The van der Waals surface area contributed by atoms with Crippen LogP contribution in [-0.4, -0.2) is 22.4 Å². The zero-order valence-corrected chi connectivity index (χ0v) is 10.8. The van der Waals surface area contributed by atoms with Crippen LogP contribution in [0.2, 0.25) is 0 Å². The van der Waals surface area contributed by atoms with Gasteiger partial charge in [0.2, 0.25) is 0 Å². The van der Waals surface area contributed by atoms with E-state index in [2.05, 4.69) is 0 Å². The van der Waals surface area contributed by atoms with Crippen LogP contribution in [0.1, 0.15) is 30.7 Å². The number of halogens is 1. The summed E-state index contributed by atoms with van der Waals surface area (Å²) in [5, 5.41) is 18.5. The Bertz CT molecular complexity index is 472. The van der Waals surface area contributed by atoms with Gasteiger partial charge in [0, 0.05) is 5.92 Å². The molecular formula is C13H15FO3S. The second kappa shape index (κ2) is 5.18. The van der Waals surface area contributed by atoms with Crippen LogP contribution < -0.4 is 0 Å². The van der Waals surface area contributed by atoms with Crippen LogP contribution in [0.5, 0.6) is 5.75 Å². The molecule has 1 aliphatic carbocycles. The van der Waals surface area contributed by atoms with Crippen molar-refractivity contribution in [2.45, 2.75) is 30.1 Å². The molecule has 1 aromatic carbocycles. The van der Waals surface area contributed by atoms with E-state index in [1.165, 1.54) is 12.1 Å². The van der Waals surface area contributed by atoms with Crippen molar-refractivity contribution in [2.75, 3.05) is 6.26 Å². The molecule has 0 spiro atoms. The Morgan fingerprint density at radius 3 is 2.72 bits per heavy atom. The SMILES string of the molecule is CSc1c(O)ccc(C(CC(=O)O)C2CC2)c1F. The third-order valence-corrected chi connectivity index (χ3v) is 4.09. The fourth-order valence-electron chi connectivity index (χ4n) is 2.26. The van der Waals surface area contributed by atoms with Gasteiger partial charge in [0.25, 0.3) is 0 Å². The van der Waals surface area contributed by atoms with Crippen molar-refractivity contribution in [3.63, 3.8) is 0 Å². The molecule has 2 rings (SSSR count). The number of phenolic OH excluding ortho intramolecular Hbond substituents is 1. The number of aliphatic carboxylic acids is 1. The summed E-state index contributed by atoms with van der Waals surface area (Å²) in [7, 11) is 0. The van der Waals surface area contributed by atoms with Gasteiger partial charge in [0.15, 0.2) is 0 Å². The number of carboxylic acid groups (broad SMARTS) is 1. The Labute approximate surface area is 109 Å². The van der Waals surface area contributed by atoms with E-state index < -0.39 is 11.8 Å². The number of thioether (sulfide) groups is 1. The van der Waals surface area contributed by atoms with Crippen molar-refractivity contribution in [1.82, 2.24) is 0 Å². The summed E-state index contributed by atoms with van der Waals surface area (Å²) in [5.41, 5.74) is 0.419. The first kappa shape index (κ1) is 13.2. The first-order chi connectivity index (χ1) is 8.54. The molecule has 18 heavy (non-hydrogen) atoms. The van der Waals surface area contributed by atoms with E-state index in [0.29, 0.717) is 5.56 Å². The lowest BCUT2D eigenvalue weighted by Gasteiger charge is -2.17. The van der Waals surface area contributed by atoms with E-state index in [1.807, 2.05) is 0 Å². The standard InChI is InChI=1S/C13H15FO3S/c1-18-13-10(15)5-4-8(12(13)14)9(6-11(16)17)7-2-3-7/h4-5,7,9,15H,2-3,6H2,1H3,(H,16,17). The number of rotatable bonds is 5.